The van der Waals surface area contributed by atoms with Crippen LogP contribution in [-0.4, -0.2) is 23.1 Å². The molecule has 2 rings (SSSR count). The SMILES string of the molecule is CCC(CC1CC1)Nc1cc(NC)nc(C(C)C)n1. The van der Waals surface area contributed by atoms with Crippen molar-refractivity contribution in [3.63, 3.8) is 0 Å². The molecule has 1 aromatic rings. The van der Waals surface area contributed by atoms with E-state index in [1.807, 2.05) is 13.1 Å². The molecule has 0 spiro atoms. The van der Waals surface area contributed by atoms with Crippen molar-refractivity contribution in [3.05, 3.63) is 11.9 Å². The first kappa shape index (κ1) is 14.1. The largest absolute Gasteiger partial charge is 0.373 e. The van der Waals surface area contributed by atoms with Gasteiger partial charge < -0.3 is 10.6 Å². The molecular weight excluding hydrogens is 236 g/mol. The van der Waals surface area contributed by atoms with Gasteiger partial charge in [-0.1, -0.05) is 33.6 Å². The molecule has 1 aromatic heterocycles. The Hall–Kier alpha value is -1.32. The third kappa shape index (κ3) is 4.08. The highest BCUT2D eigenvalue weighted by Crippen LogP contribution is 2.34. The molecule has 1 aliphatic carbocycles. The van der Waals surface area contributed by atoms with Crippen molar-refractivity contribution in [2.75, 3.05) is 17.7 Å². The lowest BCUT2D eigenvalue weighted by Gasteiger charge is -2.18. The van der Waals surface area contributed by atoms with E-state index < -0.39 is 0 Å². The summed E-state index contributed by atoms with van der Waals surface area (Å²) in [6, 6.07) is 2.54. The molecule has 0 amide bonds. The summed E-state index contributed by atoms with van der Waals surface area (Å²) in [4.78, 5) is 9.13. The third-order valence-corrected chi connectivity index (χ3v) is 3.68. The molecule has 19 heavy (non-hydrogen) atoms. The zero-order valence-corrected chi connectivity index (χ0v) is 12.5. The van der Waals surface area contributed by atoms with Crippen molar-refractivity contribution in [2.45, 2.75) is 58.4 Å². The number of nitrogens with one attached hydrogen (secondary N) is 2. The molecule has 106 valence electrons. The van der Waals surface area contributed by atoms with Gasteiger partial charge in [0.05, 0.1) is 0 Å². The Balaban J connectivity index is 2.10. The van der Waals surface area contributed by atoms with Crippen LogP contribution in [0.3, 0.4) is 0 Å². The van der Waals surface area contributed by atoms with Gasteiger partial charge >= 0.3 is 0 Å². The van der Waals surface area contributed by atoms with E-state index in [1.54, 1.807) is 0 Å². The predicted octanol–water partition coefficient (Wildman–Crippen LogP) is 3.63. The fraction of sp³-hybridized carbons (Fsp3) is 0.733. The maximum atomic E-state index is 4.63. The smallest absolute Gasteiger partial charge is 0.135 e. The Morgan fingerprint density at radius 3 is 2.47 bits per heavy atom. The van der Waals surface area contributed by atoms with Gasteiger partial charge in [-0.05, 0) is 18.8 Å². The molecule has 1 unspecified atom stereocenters. The van der Waals surface area contributed by atoms with Crippen LogP contribution in [0.5, 0.6) is 0 Å². The average Bonchev–Trinajstić information content (AvgIpc) is 3.21. The topological polar surface area (TPSA) is 49.8 Å². The number of anilines is 2. The lowest BCUT2D eigenvalue weighted by atomic mass is 10.1. The zero-order valence-electron chi connectivity index (χ0n) is 12.5. The zero-order chi connectivity index (χ0) is 13.8. The second-order valence-electron chi connectivity index (χ2n) is 5.83. The second-order valence-corrected chi connectivity index (χ2v) is 5.83. The first-order valence-electron chi connectivity index (χ1n) is 7.45. The fourth-order valence-electron chi connectivity index (χ4n) is 2.22. The molecule has 0 radical (unpaired) electrons. The normalized spacial score (nSPS) is 16.5. The lowest BCUT2D eigenvalue weighted by molar-refractivity contribution is 0.584. The second kappa shape index (κ2) is 6.22. The maximum absolute atomic E-state index is 4.63. The van der Waals surface area contributed by atoms with Gasteiger partial charge in [-0.3, -0.25) is 0 Å². The molecule has 1 saturated carbocycles. The third-order valence-electron chi connectivity index (χ3n) is 3.68. The average molecular weight is 262 g/mol. The van der Waals surface area contributed by atoms with E-state index in [2.05, 4.69) is 41.4 Å². The van der Waals surface area contributed by atoms with E-state index in [1.165, 1.54) is 19.3 Å². The molecule has 2 N–H and O–H groups in total. The molecule has 4 heteroatoms. The van der Waals surface area contributed by atoms with Crippen LogP contribution in [0, 0.1) is 5.92 Å². The number of aromatic nitrogens is 2. The van der Waals surface area contributed by atoms with E-state index in [4.69, 9.17) is 0 Å². The Morgan fingerprint density at radius 1 is 1.26 bits per heavy atom. The number of hydrogen-bond acceptors (Lipinski definition) is 4. The van der Waals surface area contributed by atoms with Gasteiger partial charge in [0.15, 0.2) is 0 Å². The number of rotatable bonds is 7. The molecule has 0 bridgehead atoms. The minimum Gasteiger partial charge on any atom is -0.373 e. The highest BCUT2D eigenvalue weighted by Gasteiger charge is 2.25. The Bertz CT molecular complexity index is 413. The van der Waals surface area contributed by atoms with Crippen LogP contribution in [0.25, 0.3) is 0 Å². The molecule has 0 aromatic carbocycles. The van der Waals surface area contributed by atoms with E-state index in [9.17, 15) is 0 Å². The summed E-state index contributed by atoms with van der Waals surface area (Å²) < 4.78 is 0. The van der Waals surface area contributed by atoms with E-state index in [0.29, 0.717) is 12.0 Å². The molecule has 0 aliphatic heterocycles. The number of nitrogens with zero attached hydrogens (tertiary/aromatic N) is 2. The fourth-order valence-corrected chi connectivity index (χ4v) is 2.22. The molecule has 1 atom stereocenters. The van der Waals surface area contributed by atoms with Crippen molar-refractivity contribution < 1.29 is 0 Å². The van der Waals surface area contributed by atoms with Gasteiger partial charge in [0.2, 0.25) is 0 Å². The highest BCUT2D eigenvalue weighted by atomic mass is 15.1. The minimum absolute atomic E-state index is 0.345. The summed E-state index contributed by atoms with van der Waals surface area (Å²) in [5.74, 6) is 4.03. The van der Waals surface area contributed by atoms with E-state index in [-0.39, 0.29) is 0 Å². The van der Waals surface area contributed by atoms with Crippen molar-refractivity contribution in [3.8, 4) is 0 Å². The highest BCUT2D eigenvalue weighted by molar-refractivity contribution is 5.48. The van der Waals surface area contributed by atoms with Gasteiger partial charge in [0.25, 0.3) is 0 Å². The van der Waals surface area contributed by atoms with Crippen LogP contribution >= 0.6 is 0 Å². The van der Waals surface area contributed by atoms with Crippen LogP contribution < -0.4 is 10.6 Å². The van der Waals surface area contributed by atoms with Gasteiger partial charge in [-0.2, -0.15) is 0 Å². The van der Waals surface area contributed by atoms with Crippen molar-refractivity contribution in [1.29, 1.82) is 0 Å². The summed E-state index contributed by atoms with van der Waals surface area (Å²) in [6.45, 7) is 6.49. The monoisotopic (exact) mass is 262 g/mol. The van der Waals surface area contributed by atoms with Crippen molar-refractivity contribution in [1.82, 2.24) is 9.97 Å². The van der Waals surface area contributed by atoms with Crippen LogP contribution in [0.4, 0.5) is 11.6 Å². The van der Waals surface area contributed by atoms with Crippen LogP contribution in [0.2, 0.25) is 0 Å². The molecule has 4 nitrogen and oxygen atoms in total. The van der Waals surface area contributed by atoms with Crippen molar-refractivity contribution in [2.24, 2.45) is 5.92 Å². The van der Waals surface area contributed by atoms with Crippen LogP contribution in [-0.2, 0) is 0 Å². The van der Waals surface area contributed by atoms with E-state index in [0.717, 1.165) is 29.8 Å². The van der Waals surface area contributed by atoms with Gasteiger partial charge in [-0.15, -0.1) is 0 Å². The standard InChI is InChI=1S/C15H26N4/c1-5-12(8-11-6-7-11)17-14-9-13(16-4)18-15(19-14)10(2)3/h9-12H,5-8H2,1-4H3,(H2,16,17,18,19). The quantitative estimate of drug-likeness (QED) is 0.788. The number of hydrogen-bond donors (Lipinski definition) is 2. The molecular formula is C15H26N4. The lowest BCUT2D eigenvalue weighted by Crippen LogP contribution is -2.20. The maximum Gasteiger partial charge on any atom is 0.135 e. The Labute approximate surface area is 116 Å². The summed E-state index contributed by atoms with van der Waals surface area (Å²) in [5.41, 5.74) is 0. The van der Waals surface area contributed by atoms with Crippen LogP contribution in [0.15, 0.2) is 6.07 Å². The van der Waals surface area contributed by atoms with Gasteiger partial charge in [0, 0.05) is 25.1 Å². The van der Waals surface area contributed by atoms with Gasteiger partial charge in [0.1, 0.15) is 17.5 Å². The summed E-state index contributed by atoms with van der Waals surface area (Å²) in [5, 5.41) is 6.69. The van der Waals surface area contributed by atoms with Gasteiger partial charge in [-0.25, -0.2) is 9.97 Å². The summed E-state index contributed by atoms with van der Waals surface area (Å²) >= 11 is 0. The minimum atomic E-state index is 0.345. The van der Waals surface area contributed by atoms with E-state index >= 15 is 0 Å². The summed E-state index contributed by atoms with van der Waals surface area (Å²) in [7, 11) is 1.90. The Morgan fingerprint density at radius 2 is 1.95 bits per heavy atom. The summed E-state index contributed by atoms with van der Waals surface area (Å²) in [6.07, 6.45) is 5.22. The van der Waals surface area contributed by atoms with Crippen LogP contribution in [0.1, 0.15) is 58.2 Å². The molecule has 1 fully saturated rings. The molecule has 0 saturated heterocycles. The first-order valence-corrected chi connectivity index (χ1v) is 7.45. The molecule has 1 heterocycles. The molecule has 1 aliphatic rings. The predicted molar refractivity (Wildman–Crippen MR) is 80.7 cm³/mol. The first-order chi connectivity index (χ1) is 9.12. The Kier molecular flexibility index (Phi) is 4.61. The van der Waals surface area contributed by atoms with Crippen molar-refractivity contribution >= 4 is 11.6 Å².